The van der Waals surface area contributed by atoms with Crippen LogP contribution in [0, 0.1) is 0 Å². The van der Waals surface area contributed by atoms with Crippen molar-refractivity contribution in [2.45, 2.75) is 6.17 Å². The molecular formula is C37H25N3O. The predicted molar refractivity (Wildman–Crippen MR) is 168 cm³/mol. The van der Waals surface area contributed by atoms with Crippen molar-refractivity contribution >= 4 is 44.4 Å². The quantitative estimate of drug-likeness (QED) is 0.248. The van der Waals surface area contributed by atoms with Crippen molar-refractivity contribution in [2.24, 2.45) is 9.98 Å². The highest BCUT2D eigenvalue weighted by atomic mass is 16.3. The summed E-state index contributed by atoms with van der Waals surface area (Å²) < 4.78 is 6.60. The molecule has 0 radical (unpaired) electrons. The number of benzene rings is 6. The molecule has 6 aromatic carbocycles. The number of nitrogens with one attached hydrogen (secondary N) is 1. The monoisotopic (exact) mass is 527 g/mol. The summed E-state index contributed by atoms with van der Waals surface area (Å²) in [6.07, 6.45) is -0.341. The van der Waals surface area contributed by atoms with Gasteiger partial charge in [0.25, 0.3) is 0 Å². The van der Waals surface area contributed by atoms with Gasteiger partial charge in [-0.3, -0.25) is 0 Å². The molecule has 1 atom stereocenters. The van der Waals surface area contributed by atoms with E-state index in [9.17, 15) is 0 Å². The molecule has 0 saturated carbocycles. The minimum atomic E-state index is -0.341. The number of nitrogens with zero attached hydrogens (tertiary/aromatic N) is 2. The van der Waals surface area contributed by atoms with Crippen LogP contribution in [0.4, 0.5) is 0 Å². The highest BCUT2D eigenvalue weighted by Gasteiger charge is 2.25. The number of fused-ring (bicyclic) bond motifs is 4. The van der Waals surface area contributed by atoms with E-state index in [1.165, 1.54) is 10.8 Å². The summed E-state index contributed by atoms with van der Waals surface area (Å²) in [5, 5.41) is 8.19. The van der Waals surface area contributed by atoms with Gasteiger partial charge in [-0.1, -0.05) is 127 Å². The minimum absolute atomic E-state index is 0.341. The van der Waals surface area contributed by atoms with Gasteiger partial charge in [-0.15, -0.1) is 0 Å². The molecular weight excluding hydrogens is 502 g/mol. The maximum atomic E-state index is 6.60. The summed E-state index contributed by atoms with van der Waals surface area (Å²) in [5.41, 5.74) is 6.98. The number of aliphatic imine (C=N–C) groups is 2. The van der Waals surface area contributed by atoms with Gasteiger partial charge in [0.05, 0.1) is 0 Å². The summed E-state index contributed by atoms with van der Waals surface area (Å²) in [6.45, 7) is 0. The van der Waals surface area contributed by atoms with E-state index < -0.39 is 0 Å². The Morgan fingerprint density at radius 2 is 1.32 bits per heavy atom. The lowest BCUT2D eigenvalue weighted by Crippen LogP contribution is -2.33. The van der Waals surface area contributed by atoms with Crippen molar-refractivity contribution in [1.82, 2.24) is 5.32 Å². The van der Waals surface area contributed by atoms with Gasteiger partial charge < -0.3 is 9.73 Å². The Kier molecular flexibility index (Phi) is 5.49. The van der Waals surface area contributed by atoms with Crippen LogP contribution in [0.15, 0.2) is 154 Å². The molecule has 1 N–H and O–H groups in total. The lowest BCUT2D eigenvalue weighted by Gasteiger charge is -2.24. The lowest BCUT2D eigenvalue weighted by atomic mass is 9.98. The van der Waals surface area contributed by atoms with Gasteiger partial charge in [0.1, 0.15) is 23.2 Å². The molecule has 0 saturated heterocycles. The number of rotatable bonds is 4. The summed E-state index contributed by atoms with van der Waals surface area (Å²) in [7, 11) is 0. The summed E-state index contributed by atoms with van der Waals surface area (Å²) >= 11 is 0. The fourth-order valence-corrected chi connectivity index (χ4v) is 5.76. The first-order valence-electron chi connectivity index (χ1n) is 13.8. The van der Waals surface area contributed by atoms with Crippen molar-refractivity contribution in [2.75, 3.05) is 0 Å². The van der Waals surface area contributed by atoms with E-state index in [0.717, 1.165) is 55.6 Å². The predicted octanol–water partition coefficient (Wildman–Crippen LogP) is 8.90. The molecule has 1 aliphatic heterocycles. The van der Waals surface area contributed by atoms with Gasteiger partial charge in [-0.25, -0.2) is 9.98 Å². The van der Waals surface area contributed by atoms with Crippen molar-refractivity contribution in [3.05, 3.63) is 156 Å². The molecule has 2 heterocycles. The van der Waals surface area contributed by atoms with Crippen LogP contribution in [0.2, 0.25) is 0 Å². The fourth-order valence-electron chi connectivity index (χ4n) is 5.76. The van der Waals surface area contributed by atoms with Crippen molar-refractivity contribution in [3.63, 3.8) is 0 Å². The largest absolute Gasteiger partial charge is 0.455 e. The summed E-state index contributed by atoms with van der Waals surface area (Å²) in [6, 6.07) is 48.0. The molecule has 4 heteroatoms. The minimum Gasteiger partial charge on any atom is -0.455 e. The fraction of sp³-hybridized carbons (Fsp3) is 0.0270. The number of furan rings is 1. The van der Waals surface area contributed by atoms with Crippen LogP contribution in [0.1, 0.15) is 22.9 Å². The first kappa shape index (κ1) is 23.4. The zero-order valence-corrected chi connectivity index (χ0v) is 22.2. The molecule has 7 aromatic rings. The summed E-state index contributed by atoms with van der Waals surface area (Å²) in [4.78, 5) is 10.1. The Bertz CT molecular complexity index is 2120. The second-order valence-corrected chi connectivity index (χ2v) is 10.3. The number of amidine groups is 2. The number of hydrogen-bond acceptors (Lipinski definition) is 4. The Labute approximate surface area is 237 Å². The molecule has 0 spiro atoms. The van der Waals surface area contributed by atoms with Crippen LogP contribution in [0.25, 0.3) is 43.8 Å². The van der Waals surface area contributed by atoms with E-state index in [2.05, 4.69) is 96.3 Å². The third-order valence-corrected chi connectivity index (χ3v) is 7.73. The van der Waals surface area contributed by atoms with Gasteiger partial charge in [0.2, 0.25) is 0 Å². The zero-order chi connectivity index (χ0) is 27.2. The van der Waals surface area contributed by atoms with Crippen LogP contribution in [0.3, 0.4) is 0 Å². The Balaban J connectivity index is 1.30. The van der Waals surface area contributed by atoms with E-state index in [-0.39, 0.29) is 6.17 Å². The molecule has 0 fully saturated rings. The van der Waals surface area contributed by atoms with Gasteiger partial charge in [0.15, 0.2) is 5.84 Å². The van der Waals surface area contributed by atoms with E-state index in [1.54, 1.807) is 0 Å². The zero-order valence-electron chi connectivity index (χ0n) is 22.2. The standard InChI is InChI=1S/C37H25N3O/c1-3-12-25(13-4-1)35-38-36(26-14-5-2-6-15-26)40-37(39-35)31-19-10-20-32-33(31)30-18-9-17-29(34(30)41-32)28-22-21-24-11-7-8-16-27(24)23-28/h1-23,37H,(H,38,39,40). The molecule has 194 valence electrons. The smallest absolute Gasteiger partial charge is 0.159 e. The van der Waals surface area contributed by atoms with Gasteiger partial charge in [-0.05, 0) is 28.5 Å². The van der Waals surface area contributed by atoms with E-state index in [1.807, 2.05) is 48.5 Å². The third kappa shape index (κ3) is 4.09. The molecule has 4 nitrogen and oxygen atoms in total. The van der Waals surface area contributed by atoms with Crippen molar-refractivity contribution in [3.8, 4) is 11.1 Å². The molecule has 1 aromatic heterocycles. The lowest BCUT2D eigenvalue weighted by molar-refractivity contribution is 0.663. The van der Waals surface area contributed by atoms with Crippen LogP contribution in [0.5, 0.6) is 0 Å². The normalized spacial score (nSPS) is 15.1. The average molecular weight is 528 g/mol. The third-order valence-electron chi connectivity index (χ3n) is 7.73. The van der Waals surface area contributed by atoms with Crippen molar-refractivity contribution in [1.29, 1.82) is 0 Å². The van der Waals surface area contributed by atoms with Crippen LogP contribution < -0.4 is 5.32 Å². The molecule has 41 heavy (non-hydrogen) atoms. The SMILES string of the molecule is c1ccc(C2=NC(c3cccc4oc5c(-c6ccc7ccccc7c6)cccc5c34)NC(c3ccccc3)=N2)cc1. The van der Waals surface area contributed by atoms with Crippen LogP contribution in [-0.2, 0) is 0 Å². The topological polar surface area (TPSA) is 49.9 Å². The molecule has 8 rings (SSSR count). The Hall–Kier alpha value is -5.48. The van der Waals surface area contributed by atoms with Gasteiger partial charge >= 0.3 is 0 Å². The maximum absolute atomic E-state index is 6.60. The average Bonchev–Trinajstić information content (AvgIpc) is 3.44. The maximum Gasteiger partial charge on any atom is 0.159 e. The second-order valence-electron chi connectivity index (χ2n) is 10.3. The molecule has 1 aliphatic rings. The first-order valence-corrected chi connectivity index (χ1v) is 13.8. The molecule has 1 unspecified atom stereocenters. The first-order chi connectivity index (χ1) is 20.3. The van der Waals surface area contributed by atoms with E-state index in [4.69, 9.17) is 14.4 Å². The Morgan fingerprint density at radius 1 is 0.585 bits per heavy atom. The van der Waals surface area contributed by atoms with Crippen molar-refractivity contribution < 1.29 is 4.42 Å². The molecule has 0 amide bonds. The highest BCUT2D eigenvalue weighted by Crippen LogP contribution is 2.40. The molecule has 0 aliphatic carbocycles. The molecule has 0 bridgehead atoms. The second kappa shape index (κ2) is 9.61. The van der Waals surface area contributed by atoms with E-state index in [0.29, 0.717) is 5.84 Å². The van der Waals surface area contributed by atoms with Crippen LogP contribution in [-0.4, -0.2) is 11.7 Å². The van der Waals surface area contributed by atoms with Gasteiger partial charge in [0, 0.05) is 33.0 Å². The Morgan fingerprint density at radius 3 is 2.15 bits per heavy atom. The number of para-hydroxylation sites is 1. The van der Waals surface area contributed by atoms with E-state index >= 15 is 0 Å². The number of hydrogen-bond donors (Lipinski definition) is 1. The van der Waals surface area contributed by atoms with Crippen LogP contribution >= 0.6 is 0 Å². The van der Waals surface area contributed by atoms with Gasteiger partial charge in [-0.2, -0.15) is 0 Å². The highest BCUT2D eigenvalue weighted by molar-refractivity contribution is 6.15. The summed E-state index contributed by atoms with van der Waals surface area (Å²) in [5.74, 6) is 1.50.